The van der Waals surface area contributed by atoms with E-state index in [9.17, 15) is 5.11 Å². The fraction of sp³-hybridized carbons (Fsp3) is 0.286. The number of thiophene rings is 1. The molecule has 0 radical (unpaired) electrons. The molecule has 1 atom stereocenters. The van der Waals surface area contributed by atoms with Crippen molar-refractivity contribution in [3.63, 3.8) is 0 Å². The van der Waals surface area contributed by atoms with Gasteiger partial charge in [0.2, 0.25) is 0 Å². The van der Waals surface area contributed by atoms with Gasteiger partial charge in [-0.3, -0.25) is 4.90 Å². The number of phenolic OH excluding ortho intramolecular Hbond substituents is 1. The molecular formula is C28H27NO3S. The summed E-state index contributed by atoms with van der Waals surface area (Å²) in [6.45, 7) is 4.08. The summed E-state index contributed by atoms with van der Waals surface area (Å²) in [5.74, 6) is 1.83. The number of ether oxygens (including phenoxy) is 2. The Hall–Kier alpha value is -3.02. The minimum absolute atomic E-state index is 0.217. The first-order chi connectivity index (χ1) is 16.3. The van der Waals surface area contributed by atoms with Crippen LogP contribution in [0.3, 0.4) is 0 Å². The number of piperidine rings is 1. The van der Waals surface area contributed by atoms with Crippen LogP contribution in [0.25, 0.3) is 20.5 Å². The maximum absolute atomic E-state index is 10.0. The number of fused-ring (bicyclic) bond motifs is 5. The quantitative estimate of drug-likeness (QED) is 0.366. The molecule has 0 saturated carbocycles. The van der Waals surface area contributed by atoms with E-state index in [1.54, 1.807) is 23.5 Å². The number of rotatable bonds is 5. The van der Waals surface area contributed by atoms with Gasteiger partial charge < -0.3 is 14.6 Å². The van der Waals surface area contributed by atoms with Crippen molar-refractivity contribution >= 4 is 21.4 Å². The van der Waals surface area contributed by atoms with Crippen LogP contribution in [-0.4, -0.2) is 36.2 Å². The fourth-order valence-corrected chi connectivity index (χ4v) is 6.22. The topological polar surface area (TPSA) is 41.9 Å². The van der Waals surface area contributed by atoms with Crippen molar-refractivity contribution in [1.29, 1.82) is 0 Å². The van der Waals surface area contributed by atoms with E-state index < -0.39 is 0 Å². The number of phenols is 1. The highest BCUT2D eigenvalue weighted by atomic mass is 32.1. The van der Waals surface area contributed by atoms with Gasteiger partial charge in [0.1, 0.15) is 23.9 Å². The maximum Gasteiger partial charge on any atom is 0.151 e. The van der Waals surface area contributed by atoms with E-state index in [4.69, 9.17) is 9.47 Å². The van der Waals surface area contributed by atoms with Gasteiger partial charge in [-0.1, -0.05) is 36.8 Å². The second kappa shape index (κ2) is 8.73. The molecule has 1 N–H and O–H groups in total. The third kappa shape index (κ3) is 3.96. The van der Waals surface area contributed by atoms with E-state index >= 15 is 0 Å². The SMILES string of the molecule is Oc1ccc2c(c1)O[C@@H](c1ccc(OCCN3CCCCC3)cc1)c1c-2sc2ccccc12. The molecule has 33 heavy (non-hydrogen) atoms. The lowest BCUT2D eigenvalue weighted by atomic mass is 9.93. The largest absolute Gasteiger partial charge is 0.508 e. The van der Waals surface area contributed by atoms with Gasteiger partial charge in [-0.05, 0) is 61.8 Å². The standard InChI is InChI=1S/C28H27NO3S/c30-20-10-13-22-24(18-20)32-27(26-23-6-2-3-7-25(23)33-28(22)26)19-8-11-21(12-9-19)31-17-16-29-14-4-1-5-15-29/h2-3,6-13,18,27,30H,1,4-5,14-17H2/t27-/m0/s1. The lowest BCUT2D eigenvalue weighted by molar-refractivity contribution is 0.183. The van der Waals surface area contributed by atoms with Gasteiger partial charge in [-0.25, -0.2) is 0 Å². The van der Waals surface area contributed by atoms with Gasteiger partial charge in [-0.2, -0.15) is 0 Å². The molecule has 0 bridgehead atoms. The summed E-state index contributed by atoms with van der Waals surface area (Å²) in [6.07, 6.45) is 3.73. The lowest BCUT2D eigenvalue weighted by Crippen LogP contribution is -2.33. The molecule has 0 unspecified atom stereocenters. The second-order valence-electron chi connectivity index (χ2n) is 8.84. The van der Waals surface area contributed by atoms with Gasteiger partial charge >= 0.3 is 0 Å². The number of aromatic hydroxyl groups is 1. The van der Waals surface area contributed by atoms with E-state index in [1.807, 2.05) is 18.2 Å². The van der Waals surface area contributed by atoms with E-state index in [0.717, 1.165) is 29.2 Å². The van der Waals surface area contributed by atoms with Crippen molar-refractivity contribution in [1.82, 2.24) is 4.90 Å². The highest BCUT2D eigenvalue weighted by Gasteiger charge is 2.31. The van der Waals surface area contributed by atoms with Crippen molar-refractivity contribution in [3.8, 4) is 27.7 Å². The number of hydrogen-bond acceptors (Lipinski definition) is 5. The molecule has 2 aliphatic rings. The van der Waals surface area contributed by atoms with Gasteiger partial charge in [0.05, 0.1) is 0 Å². The number of benzene rings is 3. The highest BCUT2D eigenvalue weighted by molar-refractivity contribution is 7.22. The molecule has 4 nitrogen and oxygen atoms in total. The molecule has 168 valence electrons. The second-order valence-corrected chi connectivity index (χ2v) is 9.89. The normalized spacial score (nSPS) is 17.9. The number of likely N-dealkylation sites (tertiary alicyclic amines) is 1. The average molecular weight is 458 g/mol. The summed E-state index contributed by atoms with van der Waals surface area (Å²) in [5.41, 5.74) is 3.32. The molecule has 6 rings (SSSR count). The van der Waals surface area contributed by atoms with Gasteiger partial charge in [-0.15, -0.1) is 11.3 Å². The summed E-state index contributed by atoms with van der Waals surface area (Å²) < 4.78 is 13.8. The van der Waals surface area contributed by atoms with Crippen molar-refractivity contribution in [2.45, 2.75) is 25.4 Å². The molecule has 3 heterocycles. The first-order valence-corrected chi connectivity index (χ1v) is 12.5. The molecule has 4 aromatic rings. The minimum atomic E-state index is -0.229. The predicted octanol–water partition coefficient (Wildman–Crippen LogP) is 6.62. The van der Waals surface area contributed by atoms with Crippen molar-refractivity contribution in [3.05, 3.63) is 77.9 Å². The van der Waals surface area contributed by atoms with Crippen molar-refractivity contribution in [2.75, 3.05) is 26.2 Å². The van der Waals surface area contributed by atoms with Crippen LogP contribution in [0.1, 0.15) is 36.5 Å². The average Bonchev–Trinajstić information content (AvgIpc) is 3.24. The molecule has 2 aliphatic heterocycles. The number of hydrogen-bond donors (Lipinski definition) is 1. The Morgan fingerprint density at radius 1 is 0.970 bits per heavy atom. The third-order valence-corrected chi connectivity index (χ3v) is 7.88. The zero-order valence-corrected chi connectivity index (χ0v) is 19.3. The van der Waals surface area contributed by atoms with E-state index in [-0.39, 0.29) is 11.9 Å². The Bertz CT molecular complexity index is 1270. The van der Waals surface area contributed by atoms with Crippen LogP contribution < -0.4 is 9.47 Å². The van der Waals surface area contributed by atoms with Crippen molar-refractivity contribution < 1.29 is 14.6 Å². The van der Waals surface area contributed by atoms with Crippen LogP contribution in [-0.2, 0) is 0 Å². The Labute approximate surface area is 198 Å². The Morgan fingerprint density at radius 3 is 2.64 bits per heavy atom. The Morgan fingerprint density at radius 2 is 1.79 bits per heavy atom. The van der Waals surface area contributed by atoms with Gasteiger partial charge in [0.25, 0.3) is 0 Å². The van der Waals surface area contributed by atoms with E-state index in [1.165, 1.54) is 52.9 Å². The monoisotopic (exact) mass is 457 g/mol. The molecular weight excluding hydrogens is 430 g/mol. The lowest BCUT2D eigenvalue weighted by Gasteiger charge is -2.28. The van der Waals surface area contributed by atoms with Crippen LogP contribution in [0.15, 0.2) is 66.7 Å². The fourth-order valence-electron chi connectivity index (χ4n) is 4.96. The molecule has 0 aliphatic carbocycles. The molecule has 0 spiro atoms. The Kier molecular flexibility index (Phi) is 5.44. The zero-order valence-electron chi connectivity index (χ0n) is 18.5. The van der Waals surface area contributed by atoms with Crippen LogP contribution in [0, 0.1) is 0 Å². The summed E-state index contributed by atoms with van der Waals surface area (Å²) >= 11 is 1.78. The molecule has 5 heteroatoms. The predicted molar refractivity (Wildman–Crippen MR) is 134 cm³/mol. The van der Waals surface area contributed by atoms with Crippen LogP contribution in [0.2, 0.25) is 0 Å². The van der Waals surface area contributed by atoms with E-state index in [2.05, 4.69) is 41.3 Å². The molecule has 1 saturated heterocycles. The van der Waals surface area contributed by atoms with Crippen LogP contribution >= 0.6 is 11.3 Å². The molecule has 0 amide bonds. The van der Waals surface area contributed by atoms with Crippen LogP contribution in [0.4, 0.5) is 0 Å². The summed E-state index contributed by atoms with van der Waals surface area (Å²) in [5, 5.41) is 11.3. The smallest absolute Gasteiger partial charge is 0.151 e. The van der Waals surface area contributed by atoms with Crippen LogP contribution in [0.5, 0.6) is 17.2 Å². The molecule has 1 fully saturated rings. The summed E-state index contributed by atoms with van der Waals surface area (Å²) in [4.78, 5) is 3.70. The highest BCUT2D eigenvalue weighted by Crippen LogP contribution is 2.52. The minimum Gasteiger partial charge on any atom is -0.508 e. The summed E-state index contributed by atoms with van der Waals surface area (Å²) in [7, 11) is 0. The number of nitrogens with zero attached hydrogens (tertiary/aromatic N) is 1. The van der Waals surface area contributed by atoms with Crippen molar-refractivity contribution in [2.24, 2.45) is 0 Å². The van der Waals surface area contributed by atoms with Gasteiger partial charge in [0, 0.05) is 38.7 Å². The Balaban J connectivity index is 1.28. The van der Waals surface area contributed by atoms with E-state index in [0.29, 0.717) is 6.61 Å². The summed E-state index contributed by atoms with van der Waals surface area (Å²) in [6, 6.07) is 22.2. The first kappa shape index (κ1) is 20.6. The van der Waals surface area contributed by atoms with Gasteiger partial charge in [0.15, 0.2) is 6.10 Å². The first-order valence-electron chi connectivity index (χ1n) is 11.7. The molecule has 1 aromatic heterocycles. The maximum atomic E-state index is 10.0. The zero-order chi connectivity index (χ0) is 22.2. The third-order valence-electron chi connectivity index (χ3n) is 6.66. The molecule has 3 aromatic carbocycles.